The normalized spacial score (nSPS) is 23.1. The SMILES string of the molecule is CCc1nc(C(N)=O)c(Nc2ccc(N3CCC(N4C5CCC4CN(C(=O)COc4cccc6c4CN(C4CCC(=O)NC4=O)C6=O)C5)CC3)c(OC)c2)nc1NC1CCOCC1. The first-order chi connectivity index (χ1) is 30.6. The molecular weight excluding hydrogens is 809 g/mol. The first-order valence-corrected chi connectivity index (χ1v) is 22.3. The maximum absolute atomic E-state index is 13.6. The van der Waals surface area contributed by atoms with E-state index in [9.17, 15) is 24.0 Å². The molecule has 63 heavy (non-hydrogen) atoms. The van der Waals surface area contributed by atoms with Crippen molar-refractivity contribution < 1.29 is 38.2 Å². The Morgan fingerprint density at radius 1 is 0.921 bits per heavy atom. The predicted octanol–water partition coefficient (Wildman–Crippen LogP) is 2.97. The number of imide groups is 1. The molecule has 334 valence electrons. The van der Waals surface area contributed by atoms with Gasteiger partial charge in [-0.2, -0.15) is 0 Å². The molecule has 5 saturated heterocycles. The molecule has 2 aromatic carbocycles. The van der Waals surface area contributed by atoms with Gasteiger partial charge >= 0.3 is 0 Å². The highest BCUT2D eigenvalue weighted by Gasteiger charge is 2.45. The number of benzene rings is 2. The lowest BCUT2D eigenvalue weighted by Gasteiger charge is -2.47. The molecule has 7 heterocycles. The smallest absolute Gasteiger partial charge is 0.271 e. The molecule has 0 saturated carbocycles. The number of nitrogens with two attached hydrogens (primary N) is 1. The van der Waals surface area contributed by atoms with Crippen LogP contribution in [-0.4, -0.2) is 138 Å². The highest BCUT2D eigenvalue weighted by Crippen LogP contribution is 2.39. The van der Waals surface area contributed by atoms with E-state index >= 15 is 0 Å². The van der Waals surface area contributed by atoms with Crippen molar-refractivity contribution in [1.82, 2.24) is 30.0 Å². The highest BCUT2D eigenvalue weighted by atomic mass is 16.5. The number of carbonyl (C=O) groups is 5. The number of nitrogens with zero attached hydrogens (tertiary/aromatic N) is 6. The highest BCUT2D eigenvalue weighted by molar-refractivity contribution is 6.05. The molecule has 3 aromatic rings. The first kappa shape index (κ1) is 42.3. The van der Waals surface area contributed by atoms with Gasteiger partial charge in [0.2, 0.25) is 11.8 Å². The number of anilines is 4. The lowest BCUT2D eigenvalue weighted by Crippen LogP contribution is -2.60. The van der Waals surface area contributed by atoms with Crippen LogP contribution in [0, 0.1) is 0 Å². The quantitative estimate of drug-likeness (QED) is 0.182. The fourth-order valence-corrected chi connectivity index (χ4v) is 10.3. The van der Waals surface area contributed by atoms with E-state index in [-0.39, 0.29) is 73.4 Å². The van der Waals surface area contributed by atoms with E-state index in [1.165, 1.54) is 4.90 Å². The average Bonchev–Trinajstić information content (AvgIpc) is 3.76. The molecule has 5 amide bonds. The number of nitrogens with one attached hydrogen (secondary N) is 3. The Labute approximate surface area is 366 Å². The molecule has 0 spiro atoms. The molecule has 6 aliphatic heterocycles. The van der Waals surface area contributed by atoms with Crippen LogP contribution in [0.4, 0.5) is 23.0 Å². The van der Waals surface area contributed by atoms with Crippen LogP contribution in [0.15, 0.2) is 36.4 Å². The number of methoxy groups -OCH3 is 1. The van der Waals surface area contributed by atoms with Crippen molar-refractivity contribution in [3.05, 3.63) is 58.9 Å². The molecular formula is C45H56N10O8. The van der Waals surface area contributed by atoms with Crippen molar-refractivity contribution in [3.63, 3.8) is 0 Å². The van der Waals surface area contributed by atoms with Crippen LogP contribution in [-0.2, 0) is 32.1 Å². The minimum atomic E-state index is -0.723. The number of primary amides is 1. The van der Waals surface area contributed by atoms with Gasteiger partial charge in [0.25, 0.3) is 17.7 Å². The number of hydrogen-bond acceptors (Lipinski definition) is 14. The van der Waals surface area contributed by atoms with Gasteiger partial charge in [-0.05, 0) is 75.6 Å². The van der Waals surface area contributed by atoms with Crippen molar-refractivity contribution >= 4 is 52.5 Å². The summed E-state index contributed by atoms with van der Waals surface area (Å²) < 4.78 is 17.5. The standard InChI is InChI=1S/C45H56N10O8/c1-3-33-42(47-26-15-19-62-20-16-26)51-43(40(49-33)41(46)58)48-27-7-10-34(37(21-27)61-2)52-17-13-28(14-18-52)55-29-8-9-30(55)23-53(22-29)39(57)25-63-36-6-4-5-31-32(36)24-54(45(31)60)35-11-12-38(56)50-44(35)59/h4-7,10,21,26,28-30,35H,3,8-9,11-20,22-25H2,1-2H3,(H2,46,58)(H2,47,48,51)(H,50,56,59). The Hall–Kier alpha value is -6.01. The number of hydrogen-bond donors (Lipinski definition) is 4. The van der Waals surface area contributed by atoms with Crippen molar-refractivity contribution in [2.45, 2.75) is 101 Å². The summed E-state index contributed by atoms with van der Waals surface area (Å²) in [6, 6.07) is 11.5. The zero-order valence-electron chi connectivity index (χ0n) is 35.9. The van der Waals surface area contributed by atoms with Gasteiger partial charge in [0, 0.05) is 92.9 Å². The molecule has 5 N–H and O–H groups in total. The summed E-state index contributed by atoms with van der Waals surface area (Å²) in [5.74, 6) is 0.249. The van der Waals surface area contributed by atoms with Crippen molar-refractivity contribution in [3.8, 4) is 11.5 Å². The van der Waals surface area contributed by atoms with Crippen LogP contribution < -0.4 is 36.1 Å². The number of piperidine rings is 2. The Morgan fingerprint density at radius 3 is 2.38 bits per heavy atom. The average molecular weight is 865 g/mol. The number of rotatable bonds is 13. The summed E-state index contributed by atoms with van der Waals surface area (Å²) in [7, 11) is 1.66. The lowest BCUT2D eigenvalue weighted by atomic mass is 9.98. The third-order valence-electron chi connectivity index (χ3n) is 13.5. The molecule has 6 aliphatic rings. The van der Waals surface area contributed by atoms with Crippen molar-refractivity contribution in [2.75, 3.05) is 68.6 Å². The van der Waals surface area contributed by atoms with Crippen LogP contribution in [0.25, 0.3) is 0 Å². The molecule has 5 fully saturated rings. The Kier molecular flexibility index (Phi) is 12.1. The molecule has 18 nitrogen and oxygen atoms in total. The maximum Gasteiger partial charge on any atom is 0.271 e. The van der Waals surface area contributed by atoms with Crippen LogP contribution >= 0.6 is 0 Å². The minimum Gasteiger partial charge on any atom is -0.495 e. The fraction of sp³-hybridized carbons (Fsp3) is 0.533. The number of likely N-dealkylation sites (tertiary alicyclic amines) is 1. The second kappa shape index (κ2) is 18.0. The van der Waals surface area contributed by atoms with Gasteiger partial charge in [0.15, 0.2) is 23.9 Å². The molecule has 3 unspecified atom stereocenters. The number of piperazine rings is 1. The van der Waals surface area contributed by atoms with E-state index in [0.29, 0.717) is 78.6 Å². The van der Waals surface area contributed by atoms with E-state index in [1.807, 2.05) is 30.0 Å². The summed E-state index contributed by atoms with van der Waals surface area (Å²) in [5, 5.41) is 9.14. The van der Waals surface area contributed by atoms with E-state index < -0.39 is 17.9 Å². The van der Waals surface area contributed by atoms with E-state index in [1.54, 1.807) is 25.3 Å². The number of amides is 5. The van der Waals surface area contributed by atoms with Crippen LogP contribution in [0.3, 0.4) is 0 Å². The zero-order valence-corrected chi connectivity index (χ0v) is 35.9. The Morgan fingerprint density at radius 2 is 1.68 bits per heavy atom. The number of aromatic nitrogens is 2. The van der Waals surface area contributed by atoms with Gasteiger partial charge < -0.3 is 45.3 Å². The minimum absolute atomic E-state index is 0.0809. The fourth-order valence-electron chi connectivity index (χ4n) is 10.3. The summed E-state index contributed by atoms with van der Waals surface area (Å²) in [4.78, 5) is 81.6. The summed E-state index contributed by atoms with van der Waals surface area (Å²) in [5.41, 5.74) is 9.33. The van der Waals surface area contributed by atoms with E-state index in [2.05, 4.69) is 30.7 Å². The largest absolute Gasteiger partial charge is 0.495 e. The Bertz CT molecular complexity index is 2260. The van der Waals surface area contributed by atoms with Crippen LogP contribution in [0.1, 0.15) is 90.4 Å². The predicted molar refractivity (Wildman–Crippen MR) is 232 cm³/mol. The van der Waals surface area contributed by atoms with Crippen LogP contribution in [0.5, 0.6) is 11.5 Å². The van der Waals surface area contributed by atoms with E-state index in [0.717, 1.165) is 57.3 Å². The van der Waals surface area contributed by atoms with Gasteiger partial charge in [-0.15, -0.1) is 0 Å². The number of fused-ring (bicyclic) bond motifs is 3. The number of carbonyl (C=O) groups excluding carboxylic acids is 5. The number of aryl methyl sites for hydroxylation is 1. The molecule has 9 rings (SSSR count). The van der Waals surface area contributed by atoms with Gasteiger partial charge in [-0.1, -0.05) is 13.0 Å². The maximum atomic E-state index is 13.6. The van der Waals surface area contributed by atoms with Crippen molar-refractivity contribution in [1.29, 1.82) is 0 Å². The molecule has 0 radical (unpaired) electrons. The number of ether oxygens (including phenoxy) is 3. The van der Waals surface area contributed by atoms with Gasteiger partial charge in [-0.3, -0.25) is 34.2 Å². The van der Waals surface area contributed by atoms with Gasteiger partial charge in [0.05, 0.1) is 25.0 Å². The van der Waals surface area contributed by atoms with Gasteiger partial charge in [-0.25, -0.2) is 9.97 Å². The lowest BCUT2D eigenvalue weighted by molar-refractivity contribution is -0.138. The summed E-state index contributed by atoms with van der Waals surface area (Å²) in [6.07, 6.45) is 6.80. The van der Waals surface area contributed by atoms with E-state index in [4.69, 9.17) is 24.9 Å². The third kappa shape index (κ3) is 8.57. The van der Waals surface area contributed by atoms with Crippen molar-refractivity contribution in [2.24, 2.45) is 5.73 Å². The summed E-state index contributed by atoms with van der Waals surface area (Å²) >= 11 is 0. The topological polar surface area (TPSA) is 214 Å². The second-order valence-electron chi connectivity index (χ2n) is 17.3. The molecule has 2 bridgehead atoms. The second-order valence-corrected chi connectivity index (χ2v) is 17.3. The van der Waals surface area contributed by atoms with Crippen LogP contribution in [0.2, 0.25) is 0 Å². The van der Waals surface area contributed by atoms with Gasteiger partial charge in [0.1, 0.15) is 17.5 Å². The third-order valence-corrected chi connectivity index (χ3v) is 13.5. The molecule has 1 aromatic heterocycles. The zero-order chi connectivity index (χ0) is 43.8. The molecule has 18 heteroatoms. The molecule has 3 atom stereocenters. The molecule has 0 aliphatic carbocycles. The summed E-state index contributed by atoms with van der Waals surface area (Å²) in [6.45, 7) is 6.37. The Balaban J connectivity index is 0.796. The first-order valence-electron chi connectivity index (χ1n) is 22.3. The monoisotopic (exact) mass is 864 g/mol.